The van der Waals surface area contributed by atoms with E-state index in [1.165, 1.54) is 38.4 Å². The molecular formula is C17H15BrFN3O5. The number of nitrogens with zero attached hydrogens (tertiary/aromatic N) is 2. The average molecular weight is 440 g/mol. The molecule has 0 aliphatic rings. The van der Waals surface area contributed by atoms with E-state index in [0.29, 0.717) is 4.47 Å². The molecule has 0 spiro atoms. The topological polar surface area (TPSA) is 113 Å². The summed E-state index contributed by atoms with van der Waals surface area (Å²) < 4.78 is 20.6. The molecule has 142 valence electrons. The molecule has 27 heavy (non-hydrogen) atoms. The monoisotopic (exact) mass is 439 g/mol. The van der Waals surface area contributed by atoms with E-state index in [4.69, 9.17) is 10.5 Å². The summed E-state index contributed by atoms with van der Waals surface area (Å²) in [5.74, 6) is -2.64. The third-order valence-electron chi connectivity index (χ3n) is 3.69. The molecule has 0 aliphatic heterocycles. The van der Waals surface area contributed by atoms with Crippen molar-refractivity contribution in [2.45, 2.75) is 0 Å². The maximum Gasteiger partial charge on any atom is 0.332 e. The highest BCUT2D eigenvalue weighted by Gasteiger charge is 2.21. The molecular weight excluding hydrogens is 425 g/mol. The number of aromatic nitrogens is 2. The minimum Gasteiger partial charge on any atom is -0.454 e. The first-order valence-corrected chi connectivity index (χ1v) is 8.31. The molecule has 0 saturated heterocycles. The van der Waals surface area contributed by atoms with Gasteiger partial charge in [-0.05, 0) is 24.3 Å². The van der Waals surface area contributed by atoms with E-state index in [1.54, 1.807) is 0 Å². The zero-order chi connectivity index (χ0) is 20.3. The second-order valence-corrected chi connectivity index (χ2v) is 6.41. The van der Waals surface area contributed by atoms with Gasteiger partial charge in [-0.15, -0.1) is 0 Å². The van der Waals surface area contributed by atoms with Crippen LogP contribution in [0.2, 0.25) is 0 Å². The molecule has 0 unspecified atom stereocenters. The standard InChI is InChI=1S/C17H15BrFN3O5/c1-21-15(20)14(16(25)22(2)17(21)26)12(23)8-27-13(24)6-3-9-7-10(18)4-5-11(9)19/h3-7H,8,20H2,1-2H3/b6-3+. The molecule has 1 heterocycles. The highest BCUT2D eigenvalue weighted by atomic mass is 79.9. The van der Waals surface area contributed by atoms with Crippen molar-refractivity contribution in [2.24, 2.45) is 14.1 Å². The predicted octanol–water partition coefficient (Wildman–Crippen LogP) is 1.01. The van der Waals surface area contributed by atoms with Crippen molar-refractivity contribution >= 4 is 39.6 Å². The summed E-state index contributed by atoms with van der Waals surface area (Å²) in [5, 5.41) is 0. The van der Waals surface area contributed by atoms with Gasteiger partial charge in [-0.1, -0.05) is 15.9 Å². The smallest absolute Gasteiger partial charge is 0.332 e. The maximum atomic E-state index is 13.6. The van der Waals surface area contributed by atoms with Crippen LogP contribution in [-0.2, 0) is 23.6 Å². The molecule has 0 bridgehead atoms. The highest BCUT2D eigenvalue weighted by molar-refractivity contribution is 9.10. The van der Waals surface area contributed by atoms with Gasteiger partial charge in [-0.3, -0.25) is 18.7 Å². The second kappa shape index (κ2) is 8.12. The molecule has 1 aromatic heterocycles. The molecule has 0 radical (unpaired) electrons. The molecule has 2 N–H and O–H groups in total. The quantitative estimate of drug-likeness (QED) is 0.422. The number of nitrogen functional groups attached to an aromatic ring is 1. The Morgan fingerprint density at radius 3 is 2.59 bits per heavy atom. The first-order valence-electron chi connectivity index (χ1n) is 7.52. The van der Waals surface area contributed by atoms with Crippen LogP contribution in [0.15, 0.2) is 38.3 Å². The van der Waals surface area contributed by atoms with E-state index >= 15 is 0 Å². The number of hydrogen-bond acceptors (Lipinski definition) is 6. The van der Waals surface area contributed by atoms with Gasteiger partial charge in [0.15, 0.2) is 6.61 Å². The molecule has 10 heteroatoms. The molecule has 0 amide bonds. The van der Waals surface area contributed by atoms with Crippen LogP contribution >= 0.6 is 15.9 Å². The summed E-state index contributed by atoms with van der Waals surface area (Å²) in [6, 6.07) is 4.18. The number of nitrogens with two attached hydrogens (primary N) is 1. The minimum absolute atomic E-state index is 0.142. The van der Waals surface area contributed by atoms with E-state index in [0.717, 1.165) is 15.2 Å². The third-order valence-corrected chi connectivity index (χ3v) is 4.18. The number of hydrogen-bond donors (Lipinski definition) is 1. The van der Waals surface area contributed by atoms with E-state index in [2.05, 4.69) is 15.9 Å². The number of Topliss-reactive ketones (excluding diaryl/α,β-unsaturated/α-hetero) is 1. The Kier molecular flexibility index (Phi) is 6.11. The van der Waals surface area contributed by atoms with Crippen LogP contribution in [-0.4, -0.2) is 27.5 Å². The van der Waals surface area contributed by atoms with Crippen molar-refractivity contribution in [1.82, 2.24) is 9.13 Å². The lowest BCUT2D eigenvalue weighted by Gasteiger charge is -2.10. The van der Waals surface area contributed by atoms with E-state index in [-0.39, 0.29) is 11.4 Å². The number of carbonyl (C=O) groups is 2. The van der Waals surface area contributed by atoms with Crippen LogP contribution in [0.3, 0.4) is 0 Å². The van der Waals surface area contributed by atoms with Gasteiger partial charge < -0.3 is 10.5 Å². The van der Waals surface area contributed by atoms with Crippen molar-refractivity contribution in [3.05, 3.63) is 66.5 Å². The largest absolute Gasteiger partial charge is 0.454 e. The van der Waals surface area contributed by atoms with Gasteiger partial charge in [0.25, 0.3) is 5.56 Å². The lowest BCUT2D eigenvalue weighted by Crippen LogP contribution is -2.42. The zero-order valence-electron chi connectivity index (χ0n) is 14.4. The number of benzene rings is 1. The Morgan fingerprint density at radius 1 is 1.26 bits per heavy atom. The Labute approximate surface area is 160 Å². The number of ketones is 1. The number of carbonyl (C=O) groups excluding carboxylic acids is 2. The summed E-state index contributed by atoms with van der Waals surface area (Å²) in [6.45, 7) is -0.762. The Hall–Kier alpha value is -3.01. The maximum absolute atomic E-state index is 13.6. The molecule has 0 saturated carbocycles. The van der Waals surface area contributed by atoms with E-state index in [9.17, 15) is 23.6 Å². The molecule has 0 fully saturated rings. The van der Waals surface area contributed by atoms with Gasteiger partial charge in [0.2, 0.25) is 5.78 Å². The van der Waals surface area contributed by atoms with Crippen molar-refractivity contribution in [2.75, 3.05) is 12.3 Å². The summed E-state index contributed by atoms with van der Waals surface area (Å²) in [6.07, 6.45) is 2.13. The number of anilines is 1. The van der Waals surface area contributed by atoms with Crippen molar-refractivity contribution in [3.63, 3.8) is 0 Å². The summed E-state index contributed by atoms with van der Waals surface area (Å²) >= 11 is 3.18. The fourth-order valence-corrected chi connectivity index (χ4v) is 2.56. The molecule has 2 rings (SSSR count). The first-order chi connectivity index (χ1) is 12.6. The van der Waals surface area contributed by atoms with Crippen LogP contribution < -0.4 is 17.0 Å². The Balaban J connectivity index is 2.13. The molecule has 1 aromatic carbocycles. The van der Waals surface area contributed by atoms with Gasteiger partial charge in [-0.2, -0.15) is 0 Å². The fraction of sp³-hybridized carbons (Fsp3) is 0.176. The Bertz CT molecular complexity index is 1070. The van der Waals surface area contributed by atoms with Gasteiger partial charge in [0, 0.05) is 30.2 Å². The lowest BCUT2D eigenvalue weighted by atomic mass is 10.2. The predicted molar refractivity (Wildman–Crippen MR) is 99.8 cm³/mol. The van der Waals surface area contributed by atoms with E-state index < -0.39 is 41.0 Å². The van der Waals surface area contributed by atoms with Crippen LogP contribution in [0.4, 0.5) is 10.2 Å². The van der Waals surface area contributed by atoms with Crippen LogP contribution in [0.25, 0.3) is 6.08 Å². The van der Waals surface area contributed by atoms with Crippen LogP contribution in [0.1, 0.15) is 15.9 Å². The molecule has 0 aliphatic carbocycles. The molecule has 0 atom stereocenters. The van der Waals surface area contributed by atoms with Crippen molar-refractivity contribution in [1.29, 1.82) is 0 Å². The van der Waals surface area contributed by atoms with Crippen molar-refractivity contribution in [3.8, 4) is 0 Å². The molecule has 2 aromatic rings. The van der Waals surface area contributed by atoms with Crippen LogP contribution in [0.5, 0.6) is 0 Å². The van der Waals surface area contributed by atoms with Gasteiger partial charge >= 0.3 is 11.7 Å². The molecule has 8 nitrogen and oxygen atoms in total. The normalized spacial score (nSPS) is 11.0. The summed E-state index contributed by atoms with van der Waals surface area (Å²) in [7, 11) is 2.50. The van der Waals surface area contributed by atoms with Gasteiger partial charge in [0.1, 0.15) is 17.2 Å². The number of esters is 1. The first kappa shape index (κ1) is 20.3. The van der Waals surface area contributed by atoms with Crippen LogP contribution in [0, 0.1) is 5.82 Å². The summed E-state index contributed by atoms with van der Waals surface area (Å²) in [4.78, 5) is 47.8. The average Bonchev–Trinajstić information content (AvgIpc) is 2.64. The number of rotatable bonds is 5. The summed E-state index contributed by atoms with van der Waals surface area (Å²) in [5.41, 5.74) is 3.77. The number of halogens is 2. The minimum atomic E-state index is -0.914. The highest BCUT2D eigenvalue weighted by Crippen LogP contribution is 2.16. The Morgan fingerprint density at radius 2 is 1.93 bits per heavy atom. The SMILES string of the molecule is Cn1c(N)c(C(=O)COC(=O)/C=C/c2cc(Br)ccc2F)c(=O)n(C)c1=O. The fourth-order valence-electron chi connectivity index (χ4n) is 2.18. The van der Waals surface area contributed by atoms with E-state index in [1.807, 2.05) is 0 Å². The third kappa shape index (κ3) is 4.40. The zero-order valence-corrected chi connectivity index (χ0v) is 15.9. The van der Waals surface area contributed by atoms with Gasteiger partial charge in [-0.25, -0.2) is 14.0 Å². The lowest BCUT2D eigenvalue weighted by molar-refractivity contribution is -0.136. The van der Waals surface area contributed by atoms with Crippen molar-refractivity contribution < 1.29 is 18.7 Å². The second-order valence-electron chi connectivity index (χ2n) is 5.50. The van der Waals surface area contributed by atoms with Gasteiger partial charge in [0.05, 0.1) is 0 Å². The number of ether oxygens (including phenoxy) is 1.